The Balaban J connectivity index is -0.000000139. The summed E-state index contributed by atoms with van der Waals surface area (Å²) in [6.07, 6.45) is 1.61. The van der Waals surface area contributed by atoms with Gasteiger partial charge in [0.25, 0.3) is 0 Å². The number of amides is 1. The first kappa shape index (κ1) is 29.6. The van der Waals surface area contributed by atoms with Crippen molar-refractivity contribution in [1.29, 1.82) is 0 Å². The Morgan fingerprint density at radius 1 is 1.24 bits per heavy atom. The molecule has 21 heavy (non-hydrogen) atoms. The van der Waals surface area contributed by atoms with Gasteiger partial charge in [0.15, 0.2) is 0 Å². The standard InChI is InChI=1S/C10H17NO.C3H6NO.C2H6.CH3.K/c1-10(2)4-3-5-11-6-8-12-9-7-11;1-4(2)3-5;1-2;;/h10H,5-9H2,1-2H3;1-2H3;1-2H3;1H3;/q;-1;;-1;+1. The Labute approximate surface area is 175 Å². The number of carbonyl (C=O) groups excluding carboxylic acids is 1. The van der Waals surface area contributed by atoms with E-state index in [2.05, 4.69) is 30.6 Å². The minimum atomic E-state index is 0. The molecule has 1 saturated heterocycles. The summed E-state index contributed by atoms with van der Waals surface area (Å²) >= 11 is 0. The Morgan fingerprint density at radius 2 is 1.67 bits per heavy atom. The quantitative estimate of drug-likeness (QED) is 0.285. The molecule has 0 radical (unpaired) electrons. The second kappa shape index (κ2) is 22.9. The van der Waals surface area contributed by atoms with Gasteiger partial charge in [-0.3, -0.25) is 4.90 Å². The minimum Gasteiger partial charge on any atom is -0.522 e. The molecule has 0 spiro atoms. The van der Waals surface area contributed by atoms with Crippen LogP contribution in [0.25, 0.3) is 0 Å². The van der Waals surface area contributed by atoms with Crippen LogP contribution in [0.3, 0.4) is 0 Å². The number of nitrogens with zero attached hydrogens (tertiary/aromatic N) is 2. The second-order valence-corrected chi connectivity index (χ2v) is 4.35. The van der Waals surface area contributed by atoms with E-state index in [1.54, 1.807) is 20.5 Å². The van der Waals surface area contributed by atoms with Gasteiger partial charge in [-0.05, 0) is 14.1 Å². The van der Waals surface area contributed by atoms with Gasteiger partial charge >= 0.3 is 51.4 Å². The Morgan fingerprint density at radius 3 is 2.00 bits per heavy atom. The molecule has 1 amide bonds. The Hall–Kier alpha value is 0.586. The smallest absolute Gasteiger partial charge is 0.522 e. The molecule has 1 aliphatic heterocycles. The molecule has 5 heteroatoms. The number of rotatable bonds is 2. The van der Waals surface area contributed by atoms with E-state index in [9.17, 15) is 4.79 Å². The zero-order chi connectivity index (χ0) is 15.1. The van der Waals surface area contributed by atoms with Gasteiger partial charge in [-0.25, -0.2) is 0 Å². The van der Waals surface area contributed by atoms with E-state index in [1.165, 1.54) is 4.90 Å². The first-order chi connectivity index (χ1) is 9.06. The van der Waals surface area contributed by atoms with Crippen LogP contribution in [-0.4, -0.2) is 63.2 Å². The fraction of sp³-hybridized carbons (Fsp3) is 0.750. The maximum absolute atomic E-state index is 9.31. The molecule has 0 aromatic heterocycles. The third kappa shape index (κ3) is 25.9. The van der Waals surface area contributed by atoms with Crippen LogP contribution in [0.5, 0.6) is 0 Å². The molecule has 1 fully saturated rings. The number of morpholine rings is 1. The van der Waals surface area contributed by atoms with E-state index in [1.807, 2.05) is 13.8 Å². The number of ether oxygens (including phenoxy) is 1. The summed E-state index contributed by atoms with van der Waals surface area (Å²) in [7, 11) is 3.26. The van der Waals surface area contributed by atoms with E-state index in [0.717, 1.165) is 32.8 Å². The molecule has 120 valence electrons. The first-order valence-electron chi connectivity index (χ1n) is 6.90. The van der Waals surface area contributed by atoms with Crippen molar-refractivity contribution in [2.24, 2.45) is 5.92 Å². The molecule has 0 unspecified atom stereocenters. The molecule has 1 rings (SSSR count). The minimum absolute atomic E-state index is 0. The van der Waals surface area contributed by atoms with Crippen LogP contribution < -0.4 is 51.4 Å². The largest absolute Gasteiger partial charge is 1.00 e. The van der Waals surface area contributed by atoms with Gasteiger partial charge in [0.05, 0.1) is 19.8 Å². The topological polar surface area (TPSA) is 32.8 Å². The normalized spacial score (nSPS) is 12.7. The Bertz CT molecular complexity index is 255. The van der Waals surface area contributed by atoms with Crippen LogP contribution in [0.15, 0.2) is 0 Å². The van der Waals surface area contributed by atoms with Gasteiger partial charge in [0.1, 0.15) is 0 Å². The molecule has 1 heterocycles. The third-order valence-electron chi connectivity index (χ3n) is 1.98. The third-order valence-corrected chi connectivity index (χ3v) is 1.98. The van der Waals surface area contributed by atoms with Crippen molar-refractivity contribution >= 4 is 6.41 Å². The van der Waals surface area contributed by atoms with E-state index >= 15 is 0 Å². The van der Waals surface area contributed by atoms with Gasteiger partial charge in [-0.1, -0.05) is 39.5 Å². The van der Waals surface area contributed by atoms with Gasteiger partial charge < -0.3 is 21.9 Å². The van der Waals surface area contributed by atoms with Crippen LogP contribution in [-0.2, 0) is 9.53 Å². The maximum Gasteiger partial charge on any atom is 1.00 e. The van der Waals surface area contributed by atoms with Crippen molar-refractivity contribution in [3.8, 4) is 11.8 Å². The summed E-state index contributed by atoms with van der Waals surface area (Å²) in [5, 5.41) is 0. The fourth-order valence-electron chi connectivity index (χ4n) is 1.12. The van der Waals surface area contributed by atoms with Gasteiger partial charge in [-0.15, -0.1) is 0 Å². The summed E-state index contributed by atoms with van der Waals surface area (Å²) in [5.74, 6) is 6.83. The summed E-state index contributed by atoms with van der Waals surface area (Å²) in [6, 6.07) is 0. The summed E-state index contributed by atoms with van der Waals surface area (Å²) < 4.78 is 5.24. The molecule has 0 saturated carbocycles. The number of hydrogen-bond acceptors (Lipinski definition) is 3. The predicted octanol–water partition coefficient (Wildman–Crippen LogP) is -0.926. The van der Waals surface area contributed by atoms with Crippen LogP contribution in [0.2, 0.25) is 0 Å². The van der Waals surface area contributed by atoms with E-state index in [-0.39, 0.29) is 58.8 Å². The van der Waals surface area contributed by atoms with Crippen molar-refractivity contribution in [1.82, 2.24) is 9.80 Å². The van der Waals surface area contributed by atoms with Crippen molar-refractivity contribution < 1.29 is 60.9 Å². The zero-order valence-electron chi connectivity index (χ0n) is 15.3. The van der Waals surface area contributed by atoms with Gasteiger partial charge in [0.2, 0.25) is 0 Å². The summed E-state index contributed by atoms with van der Waals surface area (Å²) in [4.78, 5) is 13.0. The van der Waals surface area contributed by atoms with E-state index in [4.69, 9.17) is 4.74 Å². The predicted molar refractivity (Wildman–Crippen MR) is 87.0 cm³/mol. The first-order valence-corrected chi connectivity index (χ1v) is 6.90. The molecule has 0 aromatic rings. The fourth-order valence-corrected chi connectivity index (χ4v) is 1.12. The SMILES string of the molecule is CC.CC(C)C#CCN1CCOCC1.CN(C)[C-]=O.[CH3-].[K+]. The van der Waals surface area contributed by atoms with Gasteiger partial charge in [0, 0.05) is 19.0 Å². The molecule has 0 bridgehead atoms. The summed E-state index contributed by atoms with van der Waals surface area (Å²) in [5.41, 5.74) is 0. The average Bonchev–Trinajstić information content (AvgIpc) is 2.42. The number of hydrogen-bond donors (Lipinski definition) is 0. The van der Waals surface area contributed by atoms with Crippen LogP contribution in [0.4, 0.5) is 0 Å². The maximum atomic E-state index is 9.31. The zero-order valence-corrected chi connectivity index (χ0v) is 18.4. The molecule has 0 N–H and O–H groups in total. The monoisotopic (exact) mass is 323 g/mol. The molecular weight excluding hydrogens is 291 g/mol. The summed E-state index contributed by atoms with van der Waals surface area (Å²) in [6.45, 7) is 12.9. The average molecular weight is 324 g/mol. The van der Waals surface area contributed by atoms with Crippen LogP contribution in [0, 0.1) is 25.2 Å². The van der Waals surface area contributed by atoms with Crippen molar-refractivity contribution in [3.63, 3.8) is 0 Å². The van der Waals surface area contributed by atoms with Gasteiger partial charge in [-0.2, -0.15) is 6.41 Å². The van der Waals surface area contributed by atoms with Crippen molar-refractivity contribution in [3.05, 3.63) is 7.43 Å². The molecule has 4 nitrogen and oxygen atoms in total. The van der Waals surface area contributed by atoms with Crippen LogP contribution in [0.1, 0.15) is 27.7 Å². The van der Waals surface area contributed by atoms with E-state index in [0.29, 0.717) is 5.92 Å². The molecule has 0 aromatic carbocycles. The van der Waals surface area contributed by atoms with Crippen molar-refractivity contribution in [2.75, 3.05) is 46.9 Å². The molecule has 1 aliphatic rings. The van der Waals surface area contributed by atoms with E-state index < -0.39 is 0 Å². The van der Waals surface area contributed by atoms with Crippen molar-refractivity contribution in [2.45, 2.75) is 27.7 Å². The van der Waals surface area contributed by atoms with Crippen LogP contribution >= 0.6 is 0 Å². The second-order valence-electron chi connectivity index (χ2n) is 4.35. The Kier molecular flexibility index (Phi) is 32.2. The molecular formula is C16H32KN2O2-. The molecule has 0 aliphatic carbocycles. The molecule has 0 atom stereocenters.